The van der Waals surface area contributed by atoms with Gasteiger partial charge >= 0.3 is 0 Å². The average molecular weight is 668 g/mol. The molecule has 2 aliphatic carbocycles. The summed E-state index contributed by atoms with van der Waals surface area (Å²) >= 11 is 6.45. The third-order valence-corrected chi connectivity index (χ3v) is 12.0. The lowest BCUT2D eigenvalue weighted by molar-refractivity contribution is -0.0314. The van der Waals surface area contributed by atoms with E-state index in [0.29, 0.717) is 36.4 Å². The van der Waals surface area contributed by atoms with Gasteiger partial charge in [0.25, 0.3) is 5.91 Å². The summed E-state index contributed by atoms with van der Waals surface area (Å²) in [7, 11) is -1.97. The van der Waals surface area contributed by atoms with E-state index in [1.54, 1.807) is 6.07 Å². The van der Waals surface area contributed by atoms with Gasteiger partial charge in [-0.15, -0.1) is 0 Å². The molecule has 1 saturated heterocycles. The van der Waals surface area contributed by atoms with Crippen LogP contribution in [0.2, 0.25) is 5.02 Å². The molecule has 248 valence electrons. The van der Waals surface area contributed by atoms with E-state index in [9.17, 15) is 9.00 Å². The molecule has 0 radical (unpaired) electrons. The second kappa shape index (κ2) is 14.4. The van der Waals surface area contributed by atoms with Crippen LogP contribution in [0.5, 0.6) is 5.75 Å². The zero-order valence-corrected chi connectivity index (χ0v) is 28.2. The number of morpholine rings is 1. The number of ether oxygens (including phenoxy) is 3. The Morgan fingerprint density at radius 1 is 1.11 bits per heavy atom. The minimum absolute atomic E-state index is 0.0354. The van der Waals surface area contributed by atoms with Crippen molar-refractivity contribution in [3.8, 4) is 5.75 Å². The molecule has 5 aliphatic rings. The zero-order chi connectivity index (χ0) is 31.5. The molecular formula is C36H46ClN3O5S. The number of benzene rings is 2. The molecule has 2 aromatic carbocycles. The number of carbonyl (C=O) groups excluding carboxylic acids is 1. The number of aryl methyl sites for hydroxylation is 1. The van der Waals surface area contributed by atoms with Gasteiger partial charge in [-0.1, -0.05) is 29.8 Å². The first-order valence-electron chi connectivity index (χ1n) is 17.1. The van der Waals surface area contributed by atoms with Crippen molar-refractivity contribution in [2.45, 2.75) is 56.5 Å². The largest absolute Gasteiger partial charge is 0.490 e. The normalized spacial score (nSPS) is 31.4. The molecule has 0 aromatic heterocycles. The first-order valence-corrected chi connectivity index (χ1v) is 18.8. The van der Waals surface area contributed by atoms with E-state index in [4.69, 9.17) is 25.8 Å². The topological polar surface area (TPSA) is 80.7 Å². The average Bonchev–Trinajstić information content (AvgIpc) is 3.19. The maximum Gasteiger partial charge on any atom is 0.284 e. The number of carbonyl (C=O) groups is 1. The molecule has 2 bridgehead atoms. The summed E-state index contributed by atoms with van der Waals surface area (Å²) in [5, 5.41) is 0.772. The summed E-state index contributed by atoms with van der Waals surface area (Å²) in [6.45, 7) is 7.30. The van der Waals surface area contributed by atoms with Gasteiger partial charge in [0.2, 0.25) is 0 Å². The highest BCUT2D eigenvalue weighted by molar-refractivity contribution is 7.75. The van der Waals surface area contributed by atoms with Gasteiger partial charge in [-0.25, -0.2) is 0 Å². The SMILES string of the molecule is O=C1/N=[SH](=O)\CCC/C=C/[C@H](OCCN2CCOCC2)[C@@H]2CC[C@H]2CN2C[C@@]3(CCCc4cc(Cl)ccc43)COc3ccc1cc32. The number of hydrogen-bond donors (Lipinski definition) is 1. The molecule has 8 nitrogen and oxygen atoms in total. The molecule has 2 aromatic rings. The number of allylic oxidation sites excluding steroid dienone is 1. The maximum atomic E-state index is 13.2. The molecule has 5 atom stereocenters. The summed E-state index contributed by atoms with van der Waals surface area (Å²) in [5.41, 5.74) is 3.82. The van der Waals surface area contributed by atoms with E-state index in [1.807, 2.05) is 18.2 Å². The van der Waals surface area contributed by atoms with Crippen LogP contribution in [0.25, 0.3) is 0 Å². The van der Waals surface area contributed by atoms with Crippen molar-refractivity contribution in [2.24, 2.45) is 16.2 Å². The molecule has 1 saturated carbocycles. The van der Waals surface area contributed by atoms with Crippen molar-refractivity contribution in [1.82, 2.24) is 4.90 Å². The van der Waals surface area contributed by atoms with Crippen LogP contribution >= 0.6 is 11.6 Å². The summed E-state index contributed by atoms with van der Waals surface area (Å²) in [5.74, 6) is 1.62. The highest BCUT2D eigenvalue weighted by atomic mass is 35.5. The molecule has 3 aliphatic heterocycles. The van der Waals surface area contributed by atoms with Crippen LogP contribution in [-0.4, -0.2) is 86.0 Å². The van der Waals surface area contributed by atoms with Crippen LogP contribution in [0.1, 0.15) is 60.0 Å². The van der Waals surface area contributed by atoms with Crippen LogP contribution in [0.3, 0.4) is 0 Å². The van der Waals surface area contributed by atoms with Crippen LogP contribution in [0.4, 0.5) is 5.69 Å². The Balaban J connectivity index is 1.21. The third kappa shape index (κ3) is 7.04. The maximum absolute atomic E-state index is 13.2. The van der Waals surface area contributed by atoms with Gasteiger partial charge in [0.05, 0.1) is 38.2 Å². The van der Waals surface area contributed by atoms with Gasteiger partial charge in [0.15, 0.2) is 0 Å². The molecular weight excluding hydrogens is 622 g/mol. The van der Waals surface area contributed by atoms with Gasteiger partial charge in [-0.3, -0.25) is 13.9 Å². The van der Waals surface area contributed by atoms with Crippen molar-refractivity contribution in [3.63, 3.8) is 0 Å². The molecule has 1 amide bonds. The van der Waals surface area contributed by atoms with E-state index >= 15 is 0 Å². The lowest BCUT2D eigenvalue weighted by Gasteiger charge is -2.46. The fourth-order valence-electron chi connectivity index (χ4n) is 8.03. The number of nitrogens with zero attached hydrogens (tertiary/aromatic N) is 3. The van der Waals surface area contributed by atoms with Gasteiger partial charge in [0.1, 0.15) is 5.75 Å². The van der Waals surface area contributed by atoms with E-state index in [0.717, 1.165) is 107 Å². The highest BCUT2D eigenvalue weighted by Crippen LogP contribution is 2.47. The molecule has 2 fully saturated rings. The first-order chi connectivity index (χ1) is 22.5. The van der Waals surface area contributed by atoms with Crippen molar-refractivity contribution in [1.29, 1.82) is 0 Å². The molecule has 1 unspecified atom stereocenters. The fourth-order valence-corrected chi connectivity index (χ4v) is 9.10. The zero-order valence-electron chi connectivity index (χ0n) is 26.6. The number of anilines is 1. The van der Waals surface area contributed by atoms with Crippen LogP contribution in [0.15, 0.2) is 52.9 Å². The smallest absolute Gasteiger partial charge is 0.284 e. The second-order valence-corrected chi connectivity index (χ2v) is 15.4. The molecule has 1 spiro atoms. The summed E-state index contributed by atoms with van der Waals surface area (Å²) < 4.78 is 35.7. The minimum atomic E-state index is -1.97. The number of thiol groups is 1. The Bertz CT molecular complexity index is 1540. The second-order valence-electron chi connectivity index (χ2n) is 13.6. The quantitative estimate of drug-likeness (QED) is 0.331. The predicted octanol–water partition coefficient (Wildman–Crippen LogP) is 5.71. The summed E-state index contributed by atoms with van der Waals surface area (Å²) in [6.07, 6.45) is 11.4. The van der Waals surface area contributed by atoms with E-state index in [-0.39, 0.29) is 11.5 Å². The van der Waals surface area contributed by atoms with Gasteiger partial charge in [0, 0.05) is 65.1 Å². The van der Waals surface area contributed by atoms with Crippen molar-refractivity contribution in [2.75, 3.05) is 69.8 Å². The number of fused-ring (bicyclic) bond motifs is 4. The van der Waals surface area contributed by atoms with Gasteiger partial charge in [-0.2, -0.15) is 4.36 Å². The molecule has 46 heavy (non-hydrogen) atoms. The molecule has 7 rings (SSSR count). The minimum Gasteiger partial charge on any atom is -0.490 e. The Hall–Kier alpha value is -2.43. The lowest BCUT2D eigenvalue weighted by atomic mass is 9.68. The highest BCUT2D eigenvalue weighted by Gasteiger charge is 2.44. The lowest BCUT2D eigenvalue weighted by Crippen LogP contribution is -2.50. The molecule has 10 heteroatoms. The first kappa shape index (κ1) is 32.1. The van der Waals surface area contributed by atoms with Crippen molar-refractivity contribution in [3.05, 3.63) is 70.3 Å². The van der Waals surface area contributed by atoms with Crippen LogP contribution in [-0.2, 0) is 31.9 Å². The van der Waals surface area contributed by atoms with E-state index in [1.165, 1.54) is 11.1 Å². The Kier molecular flexibility index (Phi) is 10.0. The Labute approximate surface area is 279 Å². The van der Waals surface area contributed by atoms with Crippen LogP contribution < -0.4 is 9.64 Å². The van der Waals surface area contributed by atoms with E-state index < -0.39 is 16.5 Å². The summed E-state index contributed by atoms with van der Waals surface area (Å²) in [6, 6.07) is 11.9. The van der Waals surface area contributed by atoms with Gasteiger partial charge < -0.3 is 19.1 Å². The molecule has 0 N–H and O–H groups in total. The van der Waals surface area contributed by atoms with Gasteiger partial charge in [-0.05, 0) is 98.2 Å². The number of rotatable bonds is 4. The Morgan fingerprint density at radius 3 is 2.85 bits per heavy atom. The molecule has 3 heterocycles. The number of hydrogen-bond acceptors (Lipinski definition) is 7. The number of halogens is 1. The predicted molar refractivity (Wildman–Crippen MR) is 183 cm³/mol. The third-order valence-electron chi connectivity index (χ3n) is 10.7. The monoisotopic (exact) mass is 667 g/mol. The van der Waals surface area contributed by atoms with Crippen LogP contribution in [0, 0.1) is 11.8 Å². The van der Waals surface area contributed by atoms with E-state index in [2.05, 4.69) is 38.4 Å². The van der Waals surface area contributed by atoms with Crippen molar-refractivity contribution >= 4 is 33.8 Å². The number of amides is 1. The Morgan fingerprint density at radius 2 is 2.00 bits per heavy atom. The standard InChI is InChI=1S/C36H46ClN3O5S/c37-29-9-11-31-26(21-29)5-4-13-36(31)24-40-23-28-7-10-30(28)33(44-19-16-39-14-17-43-18-15-39)6-2-1-3-20-46(42)38-35(41)27-8-12-34(45-25-36)32(40)22-27/h2,6,8-9,11-12,21-22,28,30,33,46H,1,3-5,7,10,13-20,23-25H2/b6-2+/t28-,30+,33-,36-/m0/s1. The van der Waals surface area contributed by atoms with Crippen molar-refractivity contribution < 1.29 is 23.2 Å². The fraction of sp³-hybridized carbons (Fsp3) is 0.583. The summed E-state index contributed by atoms with van der Waals surface area (Å²) in [4.78, 5) is 18.1.